The Hall–Kier alpha value is -1.95. The van der Waals surface area contributed by atoms with E-state index in [1.54, 1.807) is 28.8 Å². The summed E-state index contributed by atoms with van der Waals surface area (Å²) in [6, 6.07) is 6.37. The van der Waals surface area contributed by atoms with Gasteiger partial charge in [-0.25, -0.2) is 0 Å². The van der Waals surface area contributed by atoms with Crippen molar-refractivity contribution in [3.63, 3.8) is 0 Å². The number of nitrogens with zero attached hydrogens (tertiary/aromatic N) is 2. The Morgan fingerprint density at radius 2 is 1.81 bits per heavy atom. The quantitative estimate of drug-likeness (QED) is 0.701. The molecule has 0 aliphatic carbocycles. The van der Waals surface area contributed by atoms with E-state index in [4.69, 9.17) is 23.2 Å². The van der Waals surface area contributed by atoms with E-state index in [9.17, 15) is 14.7 Å². The lowest BCUT2D eigenvalue weighted by Crippen LogP contribution is -2.26. The molecule has 0 bridgehead atoms. The Morgan fingerprint density at radius 3 is 2.42 bits per heavy atom. The lowest BCUT2D eigenvalue weighted by atomic mass is 10.1. The summed E-state index contributed by atoms with van der Waals surface area (Å²) in [6.45, 7) is 4.18. The van der Waals surface area contributed by atoms with Crippen LogP contribution in [0.25, 0.3) is 5.52 Å². The molecule has 0 amide bonds. The number of rotatable bonds is 3. The van der Waals surface area contributed by atoms with E-state index in [1.165, 1.54) is 16.8 Å². The average Bonchev–Trinajstić information content (AvgIpc) is 2.56. The molecule has 0 saturated carbocycles. The molecular formula is C18H17Cl3N2O3. The largest absolute Gasteiger partial charge is 0.503 e. The summed E-state index contributed by atoms with van der Waals surface area (Å²) in [5.41, 5.74) is 0.516. The lowest BCUT2D eigenvalue weighted by molar-refractivity contribution is 0.471. The van der Waals surface area contributed by atoms with E-state index in [2.05, 4.69) is 0 Å². The highest BCUT2D eigenvalue weighted by Crippen LogP contribution is 2.23. The van der Waals surface area contributed by atoms with Crippen LogP contribution in [0.1, 0.15) is 31.0 Å². The zero-order valence-corrected chi connectivity index (χ0v) is 16.4. The van der Waals surface area contributed by atoms with Gasteiger partial charge in [-0.1, -0.05) is 43.1 Å². The number of halogens is 3. The van der Waals surface area contributed by atoms with Crippen molar-refractivity contribution in [2.75, 3.05) is 0 Å². The molecule has 0 aliphatic heterocycles. The standard InChI is InChI=1S/C18H16Cl2N2O3.ClH/c1-10(2)14-9-21(8-11-3-4-12(19)13(20)7-11)18(25)16-17(24)15(23)5-6-22(14)16;/h3-7,9-10,24H,8H2,1-2H3;1H. The molecule has 0 aliphatic rings. The third-order valence-electron chi connectivity index (χ3n) is 4.03. The van der Waals surface area contributed by atoms with Crippen LogP contribution in [0.5, 0.6) is 5.75 Å². The van der Waals surface area contributed by atoms with E-state index < -0.39 is 16.7 Å². The molecule has 3 rings (SSSR count). The zero-order valence-electron chi connectivity index (χ0n) is 14.1. The molecule has 0 fully saturated rings. The van der Waals surface area contributed by atoms with Crippen molar-refractivity contribution in [2.24, 2.45) is 0 Å². The molecule has 5 nitrogen and oxygen atoms in total. The Bertz CT molecular complexity index is 1090. The van der Waals surface area contributed by atoms with Gasteiger partial charge in [0.25, 0.3) is 5.56 Å². The van der Waals surface area contributed by atoms with Gasteiger partial charge < -0.3 is 14.1 Å². The van der Waals surface area contributed by atoms with Crippen LogP contribution in [0.2, 0.25) is 10.0 Å². The van der Waals surface area contributed by atoms with Crippen molar-refractivity contribution in [1.82, 2.24) is 8.97 Å². The number of pyridine rings is 1. The normalized spacial score (nSPS) is 11.0. The monoisotopic (exact) mass is 414 g/mol. The summed E-state index contributed by atoms with van der Waals surface area (Å²) in [5.74, 6) is -0.469. The van der Waals surface area contributed by atoms with Crippen molar-refractivity contribution >= 4 is 41.1 Å². The zero-order chi connectivity index (χ0) is 18.3. The predicted octanol–water partition coefficient (Wildman–Crippen LogP) is 4.07. The van der Waals surface area contributed by atoms with Gasteiger partial charge >= 0.3 is 0 Å². The van der Waals surface area contributed by atoms with Crippen LogP contribution in [-0.2, 0) is 6.54 Å². The molecule has 0 saturated heterocycles. The SMILES string of the molecule is CC(C)c1cn(Cc2ccc(Cl)c(Cl)c2)c(=O)c2c(O)c(=O)ccn12.Cl. The highest BCUT2D eigenvalue weighted by atomic mass is 35.5. The third-order valence-corrected chi connectivity index (χ3v) is 4.77. The Kier molecular flexibility index (Phi) is 6.06. The van der Waals surface area contributed by atoms with Crippen LogP contribution in [-0.4, -0.2) is 14.1 Å². The second-order valence-corrected chi connectivity index (χ2v) is 6.95. The first-order valence-corrected chi connectivity index (χ1v) is 8.46. The summed E-state index contributed by atoms with van der Waals surface area (Å²) in [6.07, 6.45) is 3.24. The molecule has 1 aromatic carbocycles. The van der Waals surface area contributed by atoms with Gasteiger partial charge in [0.2, 0.25) is 5.43 Å². The minimum atomic E-state index is -0.584. The molecule has 3 aromatic rings. The van der Waals surface area contributed by atoms with Crippen molar-refractivity contribution in [3.05, 3.63) is 78.5 Å². The van der Waals surface area contributed by atoms with Gasteiger partial charge in [-0.15, -0.1) is 12.4 Å². The van der Waals surface area contributed by atoms with Gasteiger partial charge in [0.15, 0.2) is 11.3 Å². The van der Waals surface area contributed by atoms with Crippen LogP contribution in [0, 0.1) is 0 Å². The second-order valence-electron chi connectivity index (χ2n) is 6.14. The maximum atomic E-state index is 12.8. The van der Waals surface area contributed by atoms with Crippen LogP contribution >= 0.6 is 35.6 Å². The third kappa shape index (κ3) is 3.61. The summed E-state index contributed by atoms with van der Waals surface area (Å²) in [4.78, 5) is 24.6. The predicted molar refractivity (Wildman–Crippen MR) is 106 cm³/mol. The van der Waals surface area contributed by atoms with Crippen molar-refractivity contribution < 1.29 is 5.11 Å². The van der Waals surface area contributed by atoms with Crippen molar-refractivity contribution in [1.29, 1.82) is 0 Å². The molecular weight excluding hydrogens is 399 g/mol. The molecule has 1 N–H and O–H groups in total. The van der Waals surface area contributed by atoms with Gasteiger partial charge in [-0.05, 0) is 23.6 Å². The number of aromatic hydroxyl groups is 1. The molecule has 0 atom stereocenters. The van der Waals surface area contributed by atoms with Gasteiger partial charge in [0.1, 0.15) is 0 Å². The fourth-order valence-electron chi connectivity index (χ4n) is 2.74. The highest BCUT2D eigenvalue weighted by molar-refractivity contribution is 6.42. The van der Waals surface area contributed by atoms with Crippen molar-refractivity contribution in [2.45, 2.75) is 26.3 Å². The van der Waals surface area contributed by atoms with E-state index in [0.717, 1.165) is 11.3 Å². The lowest BCUT2D eigenvalue weighted by Gasteiger charge is -2.16. The van der Waals surface area contributed by atoms with Gasteiger partial charge in [-0.2, -0.15) is 0 Å². The van der Waals surface area contributed by atoms with E-state index in [1.807, 2.05) is 13.8 Å². The first-order chi connectivity index (χ1) is 11.8. The summed E-state index contributed by atoms with van der Waals surface area (Å²) in [5, 5.41) is 11.0. The van der Waals surface area contributed by atoms with Gasteiger partial charge in [0.05, 0.1) is 16.6 Å². The van der Waals surface area contributed by atoms with Gasteiger partial charge in [0, 0.05) is 24.2 Å². The molecule has 2 heterocycles. The molecule has 8 heteroatoms. The molecule has 0 unspecified atom stereocenters. The topological polar surface area (TPSA) is 63.7 Å². The minimum absolute atomic E-state index is 0. The van der Waals surface area contributed by atoms with Crippen molar-refractivity contribution in [3.8, 4) is 5.75 Å². The first kappa shape index (κ1) is 20.4. The maximum absolute atomic E-state index is 12.8. The fourth-order valence-corrected chi connectivity index (χ4v) is 3.06. The second kappa shape index (κ2) is 7.74. The summed E-state index contributed by atoms with van der Waals surface area (Å²) in [7, 11) is 0. The van der Waals surface area contributed by atoms with Crippen LogP contribution in [0.15, 0.2) is 46.2 Å². The highest BCUT2D eigenvalue weighted by Gasteiger charge is 2.16. The van der Waals surface area contributed by atoms with E-state index in [-0.39, 0.29) is 30.4 Å². The first-order valence-electron chi connectivity index (χ1n) is 7.71. The summed E-state index contributed by atoms with van der Waals surface area (Å²) >= 11 is 12.0. The summed E-state index contributed by atoms with van der Waals surface area (Å²) < 4.78 is 3.03. The Balaban J connectivity index is 0.00000243. The Morgan fingerprint density at radius 1 is 1.12 bits per heavy atom. The van der Waals surface area contributed by atoms with E-state index >= 15 is 0 Å². The number of hydrogen-bond donors (Lipinski definition) is 1. The van der Waals surface area contributed by atoms with Crippen LogP contribution in [0.4, 0.5) is 0 Å². The van der Waals surface area contributed by atoms with Gasteiger partial charge in [-0.3, -0.25) is 9.59 Å². The number of benzene rings is 1. The molecule has 26 heavy (non-hydrogen) atoms. The molecule has 0 radical (unpaired) electrons. The number of hydrogen-bond acceptors (Lipinski definition) is 3. The van der Waals surface area contributed by atoms with Crippen LogP contribution < -0.4 is 11.0 Å². The smallest absolute Gasteiger partial charge is 0.279 e. The molecule has 138 valence electrons. The van der Waals surface area contributed by atoms with Crippen LogP contribution in [0.3, 0.4) is 0 Å². The average molecular weight is 416 g/mol. The number of fused-ring (bicyclic) bond motifs is 1. The molecule has 0 spiro atoms. The van der Waals surface area contributed by atoms with E-state index in [0.29, 0.717) is 10.0 Å². The Labute approximate surface area is 165 Å². The molecule has 2 aromatic heterocycles. The fraction of sp³-hybridized carbons (Fsp3) is 0.222. The minimum Gasteiger partial charge on any atom is -0.503 e. The maximum Gasteiger partial charge on any atom is 0.279 e. The number of aromatic nitrogens is 2.